The van der Waals surface area contributed by atoms with Crippen LogP contribution in [0.5, 0.6) is 0 Å². The minimum atomic E-state index is 0. The van der Waals surface area contributed by atoms with Gasteiger partial charge in [-0.2, -0.15) is 0 Å². The Morgan fingerprint density at radius 1 is 1.14 bits per heavy atom. The largest absolute Gasteiger partial charge is 1.00 e. The Balaban J connectivity index is 0.00000133. The second kappa shape index (κ2) is 7.89. The molecule has 0 N–H and O–H groups in total. The van der Waals surface area contributed by atoms with E-state index in [0.29, 0.717) is 5.41 Å². The van der Waals surface area contributed by atoms with E-state index in [1.807, 2.05) is 0 Å². The Hall–Kier alpha value is 0.544. The molecule has 3 aliphatic rings. The summed E-state index contributed by atoms with van der Waals surface area (Å²) < 4.78 is 1.60. The molecule has 114 valence electrons. The Morgan fingerprint density at radius 2 is 1.81 bits per heavy atom. The molecule has 0 amide bonds. The van der Waals surface area contributed by atoms with Gasteiger partial charge < -0.3 is 37.2 Å². The molecule has 0 saturated carbocycles. The molecule has 0 radical (unpaired) electrons. The molecule has 0 saturated heterocycles. The van der Waals surface area contributed by atoms with Crippen LogP contribution in [0.1, 0.15) is 52.9 Å². The van der Waals surface area contributed by atoms with Crippen molar-refractivity contribution in [2.24, 2.45) is 5.41 Å². The maximum atomic E-state index is 2.40. The number of unbranched alkanes of at least 4 members (excludes halogenated alkanes) is 1. The molecule has 0 aliphatic heterocycles. The van der Waals surface area contributed by atoms with Crippen LogP contribution in [0.3, 0.4) is 0 Å². The zero-order valence-electron chi connectivity index (χ0n) is 12.8. The predicted molar refractivity (Wildman–Crippen MR) is 72.8 cm³/mol. The molecular formula is C17H21Cl3Ti. The fourth-order valence-electron chi connectivity index (χ4n) is 4.16. The van der Waals surface area contributed by atoms with Crippen molar-refractivity contribution in [3.8, 4) is 0 Å². The molecule has 0 aromatic carbocycles. The first-order valence-electron chi connectivity index (χ1n) is 7.15. The third-order valence-corrected chi connectivity index (χ3v) is 5.79. The number of halogens is 3. The van der Waals surface area contributed by atoms with Crippen molar-refractivity contribution < 1.29 is 57.7 Å². The van der Waals surface area contributed by atoms with Crippen LogP contribution in [-0.2, 0) is 20.4 Å². The molecule has 0 aromatic heterocycles. The van der Waals surface area contributed by atoms with Crippen molar-refractivity contribution in [1.82, 2.24) is 0 Å². The zero-order chi connectivity index (χ0) is 12.9. The normalized spacial score (nSPS) is 25.6. The molecular weight excluding hydrogens is 358 g/mol. The van der Waals surface area contributed by atoms with Gasteiger partial charge in [0.05, 0.1) is 0 Å². The monoisotopic (exact) mass is 378 g/mol. The number of allylic oxidation sites excluding steroid dienone is 8. The van der Waals surface area contributed by atoms with Gasteiger partial charge in [-0.1, -0.05) is 0 Å². The molecule has 4 heteroatoms. The molecule has 0 nitrogen and oxygen atoms in total. The molecule has 3 rings (SSSR count). The molecule has 3 aliphatic carbocycles. The van der Waals surface area contributed by atoms with E-state index >= 15 is 0 Å². The van der Waals surface area contributed by atoms with E-state index in [2.05, 4.69) is 53.4 Å². The van der Waals surface area contributed by atoms with E-state index in [1.54, 1.807) is 26.2 Å². The van der Waals surface area contributed by atoms with Crippen LogP contribution in [-0.4, -0.2) is 0 Å². The smallest absolute Gasteiger partial charge is 1.00 e. The minimum Gasteiger partial charge on any atom is -1.00 e. The maximum absolute atomic E-state index is 2.40. The third kappa shape index (κ3) is 3.00. The van der Waals surface area contributed by atoms with Gasteiger partial charge in [-0.25, -0.2) is 0 Å². The summed E-state index contributed by atoms with van der Waals surface area (Å²) in [6.07, 6.45) is 11.2. The van der Waals surface area contributed by atoms with Crippen molar-refractivity contribution in [1.29, 1.82) is 0 Å². The van der Waals surface area contributed by atoms with Gasteiger partial charge >= 0.3 is 123 Å². The Morgan fingerprint density at radius 3 is 2.43 bits per heavy atom. The van der Waals surface area contributed by atoms with Crippen LogP contribution in [0.15, 0.2) is 43.9 Å². The summed E-state index contributed by atoms with van der Waals surface area (Å²) in [7, 11) is 0. The van der Waals surface area contributed by atoms with E-state index in [1.165, 1.54) is 37.7 Å². The van der Waals surface area contributed by atoms with Gasteiger partial charge in [0.2, 0.25) is 0 Å². The Kier molecular flexibility index (Phi) is 8.09. The van der Waals surface area contributed by atoms with E-state index < -0.39 is 0 Å². The fraction of sp³-hybridized carbons (Fsp3) is 0.529. The van der Waals surface area contributed by atoms with Crippen molar-refractivity contribution in [3.63, 3.8) is 0 Å². The Bertz CT molecular complexity index is 540. The summed E-state index contributed by atoms with van der Waals surface area (Å²) in [6.45, 7) is 6.95. The minimum absolute atomic E-state index is 0. The van der Waals surface area contributed by atoms with Crippen LogP contribution < -0.4 is 37.2 Å². The number of hydrogen-bond donors (Lipinski definition) is 0. The molecule has 1 unspecified atom stereocenters. The zero-order valence-corrected chi connectivity index (χ0v) is 16.7. The van der Waals surface area contributed by atoms with Crippen LogP contribution in [0.2, 0.25) is 0 Å². The molecule has 21 heavy (non-hydrogen) atoms. The van der Waals surface area contributed by atoms with Gasteiger partial charge in [0.15, 0.2) is 0 Å². The summed E-state index contributed by atoms with van der Waals surface area (Å²) in [6, 6.07) is 0. The van der Waals surface area contributed by atoms with E-state index in [9.17, 15) is 0 Å². The number of rotatable bonds is 3. The average Bonchev–Trinajstić information content (AvgIpc) is 2.58. The van der Waals surface area contributed by atoms with Crippen molar-refractivity contribution >= 4 is 0 Å². The first-order valence-corrected chi connectivity index (χ1v) is 7.93. The fourth-order valence-corrected chi connectivity index (χ4v) is 4.63. The van der Waals surface area contributed by atoms with E-state index in [0.717, 1.165) is 0 Å². The summed E-state index contributed by atoms with van der Waals surface area (Å²) >= 11 is 2.32. The molecule has 0 heterocycles. The van der Waals surface area contributed by atoms with Gasteiger partial charge in [-0.05, 0) is 0 Å². The molecule has 0 aromatic rings. The number of fused-ring (bicyclic) bond motifs is 3. The second-order valence-electron chi connectivity index (χ2n) is 5.98. The van der Waals surface area contributed by atoms with Gasteiger partial charge in [-0.3, -0.25) is 0 Å². The van der Waals surface area contributed by atoms with E-state index in [4.69, 9.17) is 0 Å². The number of hydrogen-bond acceptors (Lipinski definition) is 0. The maximum Gasteiger partial charge on any atom is -1.00 e. The van der Waals surface area contributed by atoms with E-state index in [-0.39, 0.29) is 37.2 Å². The van der Waals surface area contributed by atoms with Crippen molar-refractivity contribution in [2.75, 3.05) is 0 Å². The predicted octanol–water partition coefficient (Wildman–Crippen LogP) is -4.01. The quantitative estimate of drug-likeness (QED) is 0.439. The van der Waals surface area contributed by atoms with Gasteiger partial charge in [0.1, 0.15) is 0 Å². The second-order valence-corrected chi connectivity index (χ2v) is 6.93. The standard InChI is InChI=1S/C17H21.3ClH.Ti/c1-4-5-10-17-11-6-7-12(2)15(17)14-9-8-13(3)16(14)17;;;;/h6-7H,4-5,9-11H2,1-3H3;3*1H;/q;;;;+3/p-3. The first-order chi connectivity index (χ1) is 8.62. The molecule has 0 fully saturated rings. The summed E-state index contributed by atoms with van der Waals surface area (Å²) in [5.74, 6) is 0. The molecule has 0 bridgehead atoms. The average molecular weight is 380 g/mol. The summed E-state index contributed by atoms with van der Waals surface area (Å²) in [5, 5.41) is 0. The Labute approximate surface area is 159 Å². The summed E-state index contributed by atoms with van der Waals surface area (Å²) in [5.41, 5.74) is 8.66. The summed E-state index contributed by atoms with van der Waals surface area (Å²) in [4.78, 5) is 0. The topological polar surface area (TPSA) is 0 Å². The van der Waals surface area contributed by atoms with Crippen molar-refractivity contribution in [2.45, 2.75) is 52.9 Å². The van der Waals surface area contributed by atoms with Gasteiger partial charge in [0.25, 0.3) is 0 Å². The first kappa shape index (κ1) is 21.5. The van der Waals surface area contributed by atoms with Gasteiger partial charge in [-0.15, -0.1) is 0 Å². The van der Waals surface area contributed by atoms with Crippen LogP contribution in [0.4, 0.5) is 0 Å². The SMILES string of the molecule is CCCCC12CC=CC(C)=C1C1=C2C(C)=[C]([Ti+3])C1.[Cl-].[Cl-].[Cl-]. The molecule has 1 atom stereocenters. The third-order valence-electron chi connectivity index (χ3n) is 4.93. The molecule has 0 spiro atoms. The van der Waals surface area contributed by atoms with Gasteiger partial charge in [0, 0.05) is 0 Å². The van der Waals surface area contributed by atoms with Crippen LogP contribution in [0, 0.1) is 5.41 Å². The van der Waals surface area contributed by atoms with Crippen LogP contribution in [0.25, 0.3) is 0 Å². The van der Waals surface area contributed by atoms with Crippen LogP contribution >= 0.6 is 0 Å². The van der Waals surface area contributed by atoms with Crippen molar-refractivity contribution in [3.05, 3.63) is 43.9 Å².